The summed E-state index contributed by atoms with van der Waals surface area (Å²) >= 11 is 0. The van der Waals surface area contributed by atoms with Gasteiger partial charge >= 0.3 is 6.11 Å². The summed E-state index contributed by atoms with van der Waals surface area (Å²) in [4.78, 5) is 7.79. The van der Waals surface area contributed by atoms with Crippen molar-refractivity contribution >= 4 is 14.5 Å². The summed E-state index contributed by atoms with van der Waals surface area (Å²) < 4.78 is 86.8. The zero-order chi connectivity index (χ0) is 19.8. The first-order valence-electron chi connectivity index (χ1n) is 7.27. The quantitative estimate of drug-likeness (QED) is 0.370. The molecule has 1 unspecified atom stereocenters. The van der Waals surface area contributed by atoms with Crippen LogP contribution in [0, 0.1) is 23.3 Å². The van der Waals surface area contributed by atoms with Gasteiger partial charge in [0.15, 0.2) is 23.3 Å². The SMILES string of the molecule is Fc1cc(OC(F)(F)c2c(F)cc(-c3ncccn3)cc2P)cc(F)c1F. The molecule has 10 heteroatoms. The molecule has 3 aromatic rings. The van der Waals surface area contributed by atoms with Gasteiger partial charge in [0.2, 0.25) is 0 Å². The Morgan fingerprint density at radius 1 is 0.852 bits per heavy atom. The number of alkyl halides is 2. The van der Waals surface area contributed by atoms with Crippen LogP contribution >= 0.6 is 9.24 Å². The molecule has 0 saturated heterocycles. The van der Waals surface area contributed by atoms with Crippen molar-refractivity contribution in [1.82, 2.24) is 9.97 Å². The molecule has 1 aromatic heterocycles. The van der Waals surface area contributed by atoms with E-state index in [1.807, 2.05) is 9.24 Å². The zero-order valence-corrected chi connectivity index (χ0v) is 14.3. The van der Waals surface area contributed by atoms with Gasteiger partial charge in [-0.15, -0.1) is 9.24 Å². The molecule has 0 aliphatic heterocycles. The largest absolute Gasteiger partial charge is 0.430 e. The van der Waals surface area contributed by atoms with Crippen molar-refractivity contribution in [3.8, 4) is 17.1 Å². The standard InChI is InChI=1S/C17H9F6N2OP/c18-10-4-8(16-24-2-1-3-25-16)5-13(27)14(10)17(22,23)26-9-6-11(19)15(21)12(20)7-9/h1-7H,27H2. The van der Waals surface area contributed by atoms with Crippen LogP contribution in [-0.4, -0.2) is 9.97 Å². The van der Waals surface area contributed by atoms with Gasteiger partial charge in [-0.05, 0) is 23.5 Å². The minimum Gasteiger partial charge on any atom is -0.429 e. The highest BCUT2D eigenvalue weighted by atomic mass is 31.0. The van der Waals surface area contributed by atoms with Crippen molar-refractivity contribution in [2.24, 2.45) is 0 Å². The summed E-state index contributed by atoms with van der Waals surface area (Å²) in [5, 5.41) is -0.287. The van der Waals surface area contributed by atoms with Crippen LogP contribution in [0.4, 0.5) is 26.3 Å². The fraction of sp³-hybridized carbons (Fsp3) is 0.0588. The van der Waals surface area contributed by atoms with Gasteiger partial charge in [-0.1, -0.05) is 0 Å². The van der Waals surface area contributed by atoms with E-state index in [2.05, 4.69) is 14.7 Å². The summed E-state index contributed by atoms with van der Waals surface area (Å²) in [6, 6.07) is 3.96. The molecule has 0 N–H and O–H groups in total. The van der Waals surface area contributed by atoms with E-state index in [1.165, 1.54) is 24.5 Å². The van der Waals surface area contributed by atoms with E-state index in [4.69, 9.17) is 0 Å². The minimum absolute atomic E-state index is 0.110. The molecular weight excluding hydrogens is 393 g/mol. The lowest BCUT2D eigenvalue weighted by Crippen LogP contribution is -2.29. The Balaban J connectivity index is 1.99. The molecule has 0 aliphatic rings. The molecule has 0 spiro atoms. The number of halogens is 6. The maximum Gasteiger partial charge on any atom is 0.430 e. The highest BCUT2D eigenvalue weighted by molar-refractivity contribution is 7.27. The molecule has 1 atom stereocenters. The number of ether oxygens (including phenoxy) is 1. The maximum atomic E-state index is 14.4. The summed E-state index contributed by atoms with van der Waals surface area (Å²) in [5.41, 5.74) is -1.03. The second-order valence-corrected chi connectivity index (χ2v) is 5.94. The second-order valence-electron chi connectivity index (χ2n) is 5.31. The third-order valence-electron chi connectivity index (χ3n) is 3.44. The number of hydrogen-bond donors (Lipinski definition) is 0. The van der Waals surface area contributed by atoms with Gasteiger partial charge in [0, 0.05) is 30.1 Å². The zero-order valence-electron chi connectivity index (χ0n) is 13.2. The van der Waals surface area contributed by atoms with E-state index in [0.29, 0.717) is 0 Å². The summed E-state index contributed by atoms with van der Waals surface area (Å²) in [6.07, 6.45) is -1.51. The molecular formula is C17H9F6N2OP. The van der Waals surface area contributed by atoms with Crippen molar-refractivity contribution in [2.75, 3.05) is 0 Å². The van der Waals surface area contributed by atoms with E-state index in [1.54, 1.807) is 0 Å². The maximum absolute atomic E-state index is 14.4. The molecule has 0 aliphatic carbocycles. The average molecular weight is 402 g/mol. The van der Waals surface area contributed by atoms with Crippen LogP contribution in [0.2, 0.25) is 0 Å². The topological polar surface area (TPSA) is 35.0 Å². The molecule has 0 amide bonds. The molecule has 0 radical (unpaired) electrons. The first kappa shape index (κ1) is 19.1. The number of aromatic nitrogens is 2. The van der Waals surface area contributed by atoms with Crippen molar-refractivity contribution in [1.29, 1.82) is 0 Å². The Kier molecular flexibility index (Phi) is 5.06. The van der Waals surface area contributed by atoms with Crippen molar-refractivity contribution < 1.29 is 31.1 Å². The van der Waals surface area contributed by atoms with Crippen LogP contribution < -0.4 is 10.0 Å². The Morgan fingerprint density at radius 3 is 2.00 bits per heavy atom. The van der Waals surface area contributed by atoms with Gasteiger partial charge in [0.1, 0.15) is 17.1 Å². The molecule has 2 aromatic carbocycles. The molecule has 3 nitrogen and oxygen atoms in total. The monoisotopic (exact) mass is 402 g/mol. The van der Waals surface area contributed by atoms with Crippen LogP contribution in [-0.2, 0) is 6.11 Å². The molecule has 27 heavy (non-hydrogen) atoms. The normalized spacial score (nSPS) is 11.5. The third kappa shape index (κ3) is 3.88. The highest BCUT2D eigenvalue weighted by Gasteiger charge is 2.40. The predicted molar refractivity (Wildman–Crippen MR) is 87.6 cm³/mol. The van der Waals surface area contributed by atoms with Gasteiger partial charge in [0.25, 0.3) is 0 Å². The number of rotatable bonds is 4. The van der Waals surface area contributed by atoms with E-state index in [0.717, 1.165) is 6.07 Å². The lowest BCUT2D eigenvalue weighted by atomic mass is 10.1. The van der Waals surface area contributed by atoms with Crippen molar-refractivity contribution in [2.45, 2.75) is 6.11 Å². The molecule has 140 valence electrons. The Labute approximate surface area is 151 Å². The van der Waals surface area contributed by atoms with Gasteiger partial charge < -0.3 is 4.74 Å². The number of nitrogens with zero attached hydrogens (tertiary/aromatic N) is 2. The van der Waals surface area contributed by atoms with Crippen molar-refractivity contribution in [3.05, 3.63) is 71.6 Å². The van der Waals surface area contributed by atoms with E-state index < -0.39 is 40.7 Å². The molecule has 3 rings (SSSR count). The Hall–Kier alpha value is -2.67. The van der Waals surface area contributed by atoms with Gasteiger partial charge in [-0.25, -0.2) is 27.5 Å². The van der Waals surface area contributed by atoms with Crippen molar-refractivity contribution in [3.63, 3.8) is 0 Å². The van der Waals surface area contributed by atoms with E-state index >= 15 is 0 Å². The highest BCUT2D eigenvalue weighted by Crippen LogP contribution is 2.35. The Bertz CT molecular complexity index is 954. The summed E-state index contributed by atoms with van der Waals surface area (Å²) in [7, 11) is 1.92. The fourth-order valence-corrected chi connectivity index (χ4v) is 2.79. The molecule has 0 bridgehead atoms. The molecule has 0 saturated carbocycles. The van der Waals surface area contributed by atoms with E-state index in [9.17, 15) is 26.3 Å². The predicted octanol–water partition coefficient (Wildman–Crippen LogP) is 4.33. The smallest absolute Gasteiger partial charge is 0.429 e. The fourth-order valence-electron chi connectivity index (χ4n) is 2.30. The number of benzene rings is 2. The van der Waals surface area contributed by atoms with Crippen LogP contribution in [0.5, 0.6) is 5.75 Å². The lowest BCUT2D eigenvalue weighted by molar-refractivity contribution is -0.186. The summed E-state index contributed by atoms with van der Waals surface area (Å²) in [6.45, 7) is 0. The Morgan fingerprint density at radius 2 is 1.44 bits per heavy atom. The third-order valence-corrected chi connectivity index (χ3v) is 3.89. The van der Waals surface area contributed by atoms with Crippen LogP contribution in [0.1, 0.15) is 5.56 Å². The average Bonchev–Trinajstić information content (AvgIpc) is 2.59. The van der Waals surface area contributed by atoms with Crippen LogP contribution in [0.3, 0.4) is 0 Å². The van der Waals surface area contributed by atoms with Gasteiger partial charge in [-0.3, -0.25) is 0 Å². The molecule has 1 heterocycles. The van der Waals surface area contributed by atoms with Gasteiger partial charge in [0.05, 0.1) is 0 Å². The first-order chi connectivity index (χ1) is 12.7. The molecule has 0 fully saturated rings. The minimum atomic E-state index is -4.30. The van der Waals surface area contributed by atoms with Crippen LogP contribution in [0.15, 0.2) is 42.7 Å². The number of hydrogen-bond acceptors (Lipinski definition) is 3. The van der Waals surface area contributed by atoms with E-state index in [-0.39, 0.29) is 28.8 Å². The van der Waals surface area contributed by atoms with Crippen LogP contribution in [0.25, 0.3) is 11.4 Å². The summed E-state index contributed by atoms with van der Waals surface area (Å²) in [5.74, 6) is -7.52. The lowest BCUT2D eigenvalue weighted by Gasteiger charge is -2.21. The second kappa shape index (κ2) is 7.15. The first-order valence-corrected chi connectivity index (χ1v) is 7.85. The van der Waals surface area contributed by atoms with Gasteiger partial charge in [-0.2, -0.15) is 8.78 Å².